The minimum atomic E-state index is -0.792. The summed E-state index contributed by atoms with van der Waals surface area (Å²) >= 11 is 0. The van der Waals surface area contributed by atoms with Gasteiger partial charge in [0.05, 0.1) is 0 Å². The molecule has 0 saturated heterocycles. The molecule has 0 bridgehead atoms. The van der Waals surface area contributed by atoms with Gasteiger partial charge in [-0.05, 0) is 73.3 Å². The Morgan fingerprint density at radius 1 is 0.917 bits per heavy atom. The van der Waals surface area contributed by atoms with E-state index in [2.05, 4.69) is 11.9 Å². The lowest BCUT2D eigenvalue weighted by Crippen LogP contribution is -2.15. The molecular formula is C20H22F3N. The lowest BCUT2D eigenvalue weighted by Gasteiger charge is -2.29. The lowest BCUT2D eigenvalue weighted by atomic mass is 9.76. The standard InChI is InChI=1S/C20H22F3N/c1-2-3-13-4-9-16(18(21)12-13)14-5-7-15(8-6-14)17-10-11-19(22)24-20(17)23/h4,9-12,14-15H,2-3,5-8H2,1H3. The minimum absolute atomic E-state index is 0.0387. The molecular weight excluding hydrogens is 311 g/mol. The van der Waals surface area contributed by atoms with E-state index in [4.69, 9.17) is 0 Å². The molecule has 0 radical (unpaired) electrons. The van der Waals surface area contributed by atoms with E-state index < -0.39 is 11.9 Å². The summed E-state index contributed by atoms with van der Waals surface area (Å²) in [6.07, 6.45) is 5.05. The van der Waals surface area contributed by atoms with Crippen LogP contribution in [0.5, 0.6) is 0 Å². The van der Waals surface area contributed by atoms with Crippen molar-refractivity contribution in [2.75, 3.05) is 0 Å². The van der Waals surface area contributed by atoms with Crippen molar-refractivity contribution in [3.8, 4) is 0 Å². The first kappa shape index (κ1) is 17.0. The van der Waals surface area contributed by atoms with E-state index in [1.807, 2.05) is 12.1 Å². The molecule has 0 unspecified atom stereocenters. The molecule has 24 heavy (non-hydrogen) atoms. The van der Waals surface area contributed by atoms with E-state index in [-0.39, 0.29) is 17.7 Å². The predicted molar refractivity (Wildman–Crippen MR) is 88.5 cm³/mol. The number of aryl methyl sites for hydroxylation is 1. The molecule has 1 fully saturated rings. The van der Waals surface area contributed by atoms with Crippen molar-refractivity contribution in [1.29, 1.82) is 0 Å². The Kier molecular flexibility index (Phi) is 5.22. The normalized spacial score (nSPS) is 21.0. The molecule has 1 nitrogen and oxygen atoms in total. The molecule has 0 spiro atoms. The third-order valence-corrected chi connectivity index (χ3v) is 5.05. The summed E-state index contributed by atoms with van der Waals surface area (Å²) < 4.78 is 41.1. The van der Waals surface area contributed by atoms with Crippen LogP contribution in [0, 0.1) is 17.7 Å². The maximum atomic E-state index is 14.4. The molecule has 1 aromatic heterocycles. The van der Waals surface area contributed by atoms with Gasteiger partial charge in [-0.3, -0.25) is 0 Å². The summed E-state index contributed by atoms with van der Waals surface area (Å²) in [5.74, 6) is -1.42. The second-order valence-corrected chi connectivity index (χ2v) is 6.67. The van der Waals surface area contributed by atoms with Gasteiger partial charge in [0.2, 0.25) is 11.9 Å². The Morgan fingerprint density at radius 3 is 2.12 bits per heavy atom. The van der Waals surface area contributed by atoms with Gasteiger partial charge in [-0.1, -0.05) is 25.5 Å². The second-order valence-electron chi connectivity index (χ2n) is 6.67. The zero-order valence-electron chi connectivity index (χ0n) is 13.9. The monoisotopic (exact) mass is 333 g/mol. The smallest absolute Gasteiger partial charge is 0.207 e. The molecule has 0 atom stereocenters. The van der Waals surface area contributed by atoms with E-state index in [9.17, 15) is 13.2 Å². The summed E-state index contributed by atoms with van der Waals surface area (Å²) in [6.45, 7) is 2.08. The van der Waals surface area contributed by atoms with E-state index in [1.54, 1.807) is 6.07 Å². The Bertz CT molecular complexity index is 706. The number of rotatable bonds is 4. The third-order valence-electron chi connectivity index (χ3n) is 5.05. The molecule has 4 heteroatoms. The molecule has 1 aliphatic rings. The Hall–Kier alpha value is -1.84. The Balaban J connectivity index is 1.68. The van der Waals surface area contributed by atoms with Crippen LogP contribution >= 0.6 is 0 Å². The van der Waals surface area contributed by atoms with Crippen LogP contribution < -0.4 is 0 Å². The Morgan fingerprint density at radius 2 is 1.54 bits per heavy atom. The number of hydrogen-bond acceptors (Lipinski definition) is 1. The van der Waals surface area contributed by atoms with Crippen LogP contribution in [0.4, 0.5) is 13.2 Å². The fourth-order valence-corrected chi connectivity index (χ4v) is 3.79. The van der Waals surface area contributed by atoms with Gasteiger partial charge >= 0.3 is 0 Å². The third kappa shape index (κ3) is 3.63. The molecule has 128 valence electrons. The first-order valence-corrected chi connectivity index (χ1v) is 8.68. The average Bonchev–Trinajstić information content (AvgIpc) is 2.56. The van der Waals surface area contributed by atoms with Crippen LogP contribution in [-0.2, 0) is 6.42 Å². The van der Waals surface area contributed by atoms with Crippen molar-refractivity contribution >= 4 is 0 Å². The van der Waals surface area contributed by atoms with Crippen molar-refractivity contribution in [3.05, 3.63) is 64.7 Å². The van der Waals surface area contributed by atoms with Crippen molar-refractivity contribution in [2.45, 2.75) is 57.3 Å². The van der Waals surface area contributed by atoms with Gasteiger partial charge in [0.1, 0.15) is 5.82 Å². The van der Waals surface area contributed by atoms with Crippen LogP contribution in [0.1, 0.15) is 67.6 Å². The average molecular weight is 333 g/mol. The van der Waals surface area contributed by atoms with Crippen LogP contribution in [0.25, 0.3) is 0 Å². The molecule has 0 aliphatic heterocycles. The van der Waals surface area contributed by atoms with Crippen LogP contribution in [0.3, 0.4) is 0 Å². The second kappa shape index (κ2) is 7.37. The SMILES string of the molecule is CCCc1ccc(C2CCC(c3ccc(F)nc3F)CC2)c(F)c1. The van der Waals surface area contributed by atoms with E-state index in [0.717, 1.165) is 49.7 Å². The van der Waals surface area contributed by atoms with Crippen LogP contribution in [0.2, 0.25) is 0 Å². The number of pyridine rings is 1. The maximum absolute atomic E-state index is 14.4. The fourth-order valence-electron chi connectivity index (χ4n) is 3.79. The van der Waals surface area contributed by atoms with Gasteiger partial charge in [-0.15, -0.1) is 0 Å². The molecule has 1 aromatic carbocycles. The molecule has 3 rings (SSSR count). The van der Waals surface area contributed by atoms with Gasteiger partial charge in [0, 0.05) is 5.56 Å². The van der Waals surface area contributed by atoms with Crippen LogP contribution in [0.15, 0.2) is 30.3 Å². The number of halogens is 3. The van der Waals surface area contributed by atoms with Gasteiger partial charge in [-0.25, -0.2) is 4.39 Å². The summed E-state index contributed by atoms with van der Waals surface area (Å²) in [6, 6.07) is 8.26. The van der Waals surface area contributed by atoms with Crippen molar-refractivity contribution < 1.29 is 13.2 Å². The predicted octanol–water partition coefficient (Wildman–Crippen LogP) is 5.89. The van der Waals surface area contributed by atoms with Gasteiger partial charge < -0.3 is 0 Å². The molecule has 0 N–H and O–H groups in total. The van der Waals surface area contributed by atoms with Crippen LogP contribution in [-0.4, -0.2) is 4.98 Å². The molecule has 2 aromatic rings. The van der Waals surface area contributed by atoms with E-state index >= 15 is 0 Å². The molecule has 0 amide bonds. The Labute approximate surface area is 140 Å². The van der Waals surface area contributed by atoms with Gasteiger partial charge in [0.25, 0.3) is 0 Å². The van der Waals surface area contributed by atoms with Gasteiger partial charge in [0.15, 0.2) is 0 Å². The fraction of sp³-hybridized carbons (Fsp3) is 0.450. The summed E-state index contributed by atoms with van der Waals surface area (Å²) in [5.41, 5.74) is 2.28. The first-order valence-electron chi connectivity index (χ1n) is 8.68. The number of nitrogens with zero attached hydrogens (tertiary/aromatic N) is 1. The van der Waals surface area contributed by atoms with E-state index in [0.29, 0.717) is 5.56 Å². The summed E-state index contributed by atoms with van der Waals surface area (Å²) in [7, 11) is 0. The summed E-state index contributed by atoms with van der Waals surface area (Å²) in [5, 5.41) is 0. The van der Waals surface area contributed by atoms with Crippen molar-refractivity contribution in [1.82, 2.24) is 4.98 Å². The van der Waals surface area contributed by atoms with E-state index in [1.165, 1.54) is 12.1 Å². The maximum Gasteiger partial charge on any atom is 0.218 e. The first-order chi connectivity index (χ1) is 11.6. The summed E-state index contributed by atoms with van der Waals surface area (Å²) in [4.78, 5) is 3.27. The van der Waals surface area contributed by atoms with Crippen molar-refractivity contribution in [2.24, 2.45) is 0 Å². The lowest BCUT2D eigenvalue weighted by molar-refractivity contribution is 0.374. The minimum Gasteiger partial charge on any atom is -0.207 e. The quantitative estimate of drug-likeness (QED) is 0.635. The topological polar surface area (TPSA) is 12.9 Å². The highest BCUT2D eigenvalue weighted by molar-refractivity contribution is 5.28. The molecule has 1 heterocycles. The molecule has 1 aliphatic carbocycles. The van der Waals surface area contributed by atoms with Crippen molar-refractivity contribution in [3.63, 3.8) is 0 Å². The highest BCUT2D eigenvalue weighted by atomic mass is 19.1. The largest absolute Gasteiger partial charge is 0.218 e. The highest BCUT2D eigenvalue weighted by Crippen LogP contribution is 2.41. The zero-order chi connectivity index (χ0) is 17.1. The highest BCUT2D eigenvalue weighted by Gasteiger charge is 2.27. The van der Waals surface area contributed by atoms with Gasteiger partial charge in [-0.2, -0.15) is 13.8 Å². The zero-order valence-corrected chi connectivity index (χ0v) is 13.9. The number of benzene rings is 1. The molecule has 1 saturated carbocycles. The number of aromatic nitrogens is 1. The number of hydrogen-bond donors (Lipinski definition) is 0.